The lowest BCUT2D eigenvalue weighted by Gasteiger charge is -2.49. The average Bonchev–Trinajstić information content (AvgIpc) is 3.51. The summed E-state index contributed by atoms with van der Waals surface area (Å²) in [6.45, 7) is -0.438. The molecular weight excluding hydrogens is 548 g/mol. The molecule has 16 nitrogen and oxygen atoms in total. The van der Waals surface area contributed by atoms with Gasteiger partial charge in [-0.05, 0) is 16.0 Å². The van der Waals surface area contributed by atoms with E-state index < -0.39 is 35.8 Å². The van der Waals surface area contributed by atoms with Crippen molar-refractivity contribution in [2.75, 3.05) is 23.4 Å². The van der Waals surface area contributed by atoms with Crippen LogP contribution in [0.3, 0.4) is 0 Å². The van der Waals surface area contributed by atoms with Gasteiger partial charge in [-0.15, -0.1) is 28.2 Å². The first-order valence-electron chi connectivity index (χ1n) is 10.1. The van der Waals surface area contributed by atoms with Crippen LogP contribution in [0, 0.1) is 11.3 Å². The van der Waals surface area contributed by atoms with Crippen molar-refractivity contribution in [2.24, 2.45) is 12.2 Å². The van der Waals surface area contributed by atoms with Crippen LogP contribution in [-0.4, -0.2) is 94.6 Å². The molecule has 192 valence electrons. The number of β-lactam (4-membered cyclic amide) rings is 1. The van der Waals surface area contributed by atoms with Gasteiger partial charge in [-0.2, -0.15) is 5.26 Å². The summed E-state index contributed by atoms with van der Waals surface area (Å²) < 4.78 is 1.45. The number of oxime groups is 1. The van der Waals surface area contributed by atoms with E-state index in [0.717, 1.165) is 16.2 Å². The highest BCUT2D eigenvalue weighted by Crippen LogP contribution is 2.41. The summed E-state index contributed by atoms with van der Waals surface area (Å²) in [5, 5.41) is 39.7. The molecule has 1 saturated heterocycles. The molecule has 0 saturated carbocycles. The number of carbonyl (C=O) groups is 4. The predicted molar refractivity (Wildman–Crippen MR) is 129 cm³/mol. The lowest BCUT2D eigenvalue weighted by Crippen LogP contribution is -2.71. The number of nitrogens with zero attached hydrogens (tertiary/aromatic N) is 8. The molecule has 0 radical (unpaired) electrons. The maximum Gasteiger partial charge on any atom is 0.352 e. The molecule has 0 bridgehead atoms. The molecule has 4 heterocycles. The van der Waals surface area contributed by atoms with Gasteiger partial charge in [-0.3, -0.25) is 19.3 Å². The first kappa shape index (κ1) is 26.1. The van der Waals surface area contributed by atoms with E-state index in [1.165, 1.54) is 33.6 Å². The number of carbonyl (C=O) groups excluding carboxylic acids is 3. The number of hydrogen-bond donors (Lipinski definition) is 3. The van der Waals surface area contributed by atoms with Crippen molar-refractivity contribution in [1.82, 2.24) is 35.4 Å². The summed E-state index contributed by atoms with van der Waals surface area (Å²) in [7, 11) is 1.65. The number of aromatic nitrogens is 5. The maximum atomic E-state index is 13.0. The van der Waals surface area contributed by atoms with Gasteiger partial charge in [-0.1, -0.05) is 16.9 Å². The highest BCUT2D eigenvalue weighted by Gasteiger charge is 2.54. The molecular formula is C18H16N10O6S3. The molecule has 2 aliphatic rings. The molecule has 1 unspecified atom stereocenters. The molecule has 37 heavy (non-hydrogen) atoms. The van der Waals surface area contributed by atoms with Crippen molar-refractivity contribution >= 4 is 69.9 Å². The van der Waals surface area contributed by atoms with Gasteiger partial charge in [0.2, 0.25) is 18.2 Å². The number of thioether (sulfide) groups is 2. The number of carboxylic acids is 1. The van der Waals surface area contributed by atoms with E-state index in [1.54, 1.807) is 13.1 Å². The van der Waals surface area contributed by atoms with E-state index in [1.807, 2.05) is 0 Å². The molecule has 19 heteroatoms. The van der Waals surface area contributed by atoms with Crippen LogP contribution in [0.4, 0.5) is 5.13 Å². The molecule has 1 fully saturated rings. The number of anilines is 1. The van der Waals surface area contributed by atoms with E-state index >= 15 is 0 Å². The fourth-order valence-electron chi connectivity index (χ4n) is 3.33. The van der Waals surface area contributed by atoms with Crippen molar-refractivity contribution < 1.29 is 29.1 Å². The van der Waals surface area contributed by atoms with E-state index in [0.29, 0.717) is 22.9 Å². The van der Waals surface area contributed by atoms with E-state index in [2.05, 4.69) is 36.3 Å². The SMILES string of the molecule is Cn1nnnc1SCC1=C(C(=O)O)N2C(=O)C(NC(=O)/C(=N/OCC#N)c3csc(NC=O)n3)[C@H]2SC1. The van der Waals surface area contributed by atoms with Crippen LogP contribution < -0.4 is 10.6 Å². The third-order valence-corrected chi connectivity index (χ3v) is 8.13. The van der Waals surface area contributed by atoms with Crippen LogP contribution in [0.2, 0.25) is 0 Å². The molecule has 0 spiro atoms. The monoisotopic (exact) mass is 564 g/mol. The largest absolute Gasteiger partial charge is 0.477 e. The number of tetrazole rings is 1. The van der Waals surface area contributed by atoms with Crippen molar-refractivity contribution in [2.45, 2.75) is 16.6 Å². The Bertz CT molecular complexity index is 1350. The second-order valence-electron chi connectivity index (χ2n) is 7.16. The Balaban J connectivity index is 1.50. The maximum absolute atomic E-state index is 13.0. The number of rotatable bonds is 11. The number of carboxylic acid groups (broad SMARTS) is 1. The summed E-state index contributed by atoms with van der Waals surface area (Å²) in [5.41, 5.74) is 0.108. The van der Waals surface area contributed by atoms with Crippen molar-refractivity contribution in [3.8, 4) is 6.07 Å². The van der Waals surface area contributed by atoms with E-state index in [9.17, 15) is 24.3 Å². The molecule has 2 aromatic rings. The normalized spacial score (nSPS) is 19.0. The first-order chi connectivity index (χ1) is 17.8. The van der Waals surface area contributed by atoms with Crippen molar-refractivity contribution in [3.05, 3.63) is 22.3 Å². The highest BCUT2D eigenvalue weighted by molar-refractivity contribution is 8.01. The van der Waals surface area contributed by atoms with Gasteiger partial charge in [-0.25, -0.2) is 14.5 Å². The molecule has 2 atom stereocenters. The smallest absolute Gasteiger partial charge is 0.352 e. The minimum atomic E-state index is -1.26. The van der Waals surface area contributed by atoms with Crippen LogP contribution in [-0.2, 0) is 31.1 Å². The first-order valence-corrected chi connectivity index (χ1v) is 13.1. The van der Waals surface area contributed by atoms with E-state index in [-0.39, 0.29) is 28.0 Å². The standard InChI is InChI=1S/C18H16N10O6S3/c1-27-18(23-25-26-27)37-5-8-4-35-15-11(14(31)28(15)12(8)16(32)33)22-13(30)10(24-34-3-2-19)9-6-36-17(21-9)20-7-29/h6-7,11,15H,3-5H2,1H3,(H,22,30)(H,32,33)(H,20,21,29)/b24-10+/t11?,15-/m1/s1. The van der Waals surface area contributed by atoms with Crippen LogP contribution in [0.5, 0.6) is 0 Å². The molecule has 0 aromatic carbocycles. The lowest BCUT2D eigenvalue weighted by atomic mass is 10.0. The van der Waals surface area contributed by atoms with Crippen LogP contribution in [0.1, 0.15) is 5.69 Å². The number of amides is 3. The minimum Gasteiger partial charge on any atom is -0.477 e. The fourth-order valence-corrected chi connectivity index (χ4v) is 6.32. The van der Waals surface area contributed by atoms with Gasteiger partial charge in [0.1, 0.15) is 28.9 Å². The van der Waals surface area contributed by atoms with Crippen molar-refractivity contribution in [1.29, 1.82) is 5.26 Å². The van der Waals surface area contributed by atoms with Gasteiger partial charge >= 0.3 is 5.97 Å². The molecule has 2 aliphatic heterocycles. The van der Waals surface area contributed by atoms with Gasteiger partial charge in [0.05, 0.1) is 0 Å². The molecule has 3 amide bonds. The number of nitriles is 1. The number of fused-ring (bicyclic) bond motifs is 1. The van der Waals surface area contributed by atoms with Crippen LogP contribution in [0.25, 0.3) is 0 Å². The Hall–Kier alpha value is -4.02. The predicted octanol–water partition coefficient (Wildman–Crippen LogP) is -0.990. The van der Waals surface area contributed by atoms with Crippen LogP contribution in [0.15, 0.2) is 27.0 Å². The second-order valence-corrected chi connectivity index (χ2v) is 10.1. The van der Waals surface area contributed by atoms with Crippen LogP contribution >= 0.6 is 34.9 Å². The highest BCUT2D eigenvalue weighted by atomic mass is 32.2. The number of nitrogens with one attached hydrogen (secondary N) is 2. The minimum absolute atomic E-state index is 0.0495. The molecule has 4 rings (SSSR count). The Morgan fingerprint density at radius 1 is 1.49 bits per heavy atom. The summed E-state index contributed by atoms with van der Waals surface area (Å²) in [5.74, 6) is -2.13. The lowest BCUT2D eigenvalue weighted by molar-refractivity contribution is -0.150. The second kappa shape index (κ2) is 11.4. The fraction of sp³-hybridized carbons (Fsp3) is 0.333. The van der Waals surface area contributed by atoms with Gasteiger partial charge in [0.15, 0.2) is 10.8 Å². The Kier molecular flexibility index (Phi) is 8.00. The number of hydrogen-bond acceptors (Lipinski definition) is 14. The van der Waals surface area contributed by atoms with Crippen molar-refractivity contribution in [3.63, 3.8) is 0 Å². The third-order valence-electron chi connectivity index (χ3n) is 4.92. The summed E-state index contributed by atoms with van der Waals surface area (Å²) in [4.78, 5) is 58.7. The van der Waals surface area contributed by atoms with Gasteiger partial charge < -0.3 is 20.6 Å². The zero-order valence-corrected chi connectivity index (χ0v) is 21.2. The topological polar surface area (TPSA) is 218 Å². The molecule has 2 aromatic heterocycles. The number of aryl methyl sites for hydroxylation is 1. The summed E-state index contributed by atoms with van der Waals surface area (Å²) in [6, 6.07) is 0.681. The quantitative estimate of drug-likeness (QED) is 0.0746. The number of aliphatic carboxylic acids is 1. The van der Waals surface area contributed by atoms with Gasteiger partial charge in [0.25, 0.3) is 11.8 Å². The molecule has 0 aliphatic carbocycles. The summed E-state index contributed by atoms with van der Waals surface area (Å²) >= 11 is 3.56. The summed E-state index contributed by atoms with van der Waals surface area (Å²) in [6.07, 6.45) is 0.415. The zero-order valence-electron chi connectivity index (χ0n) is 18.7. The Morgan fingerprint density at radius 2 is 2.30 bits per heavy atom. The zero-order chi connectivity index (χ0) is 26.5. The Labute approximate surface area is 220 Å². The molecule has 3 N–H and O–H groups in total. The number of thiazole rings is 1. The average molecular weight is 565 g/mol. The third kappa shape index (κ3) is 5.40. The Morgan fingerprint density at radius 3 is 2.97 bits per heavy atom. The van der Waals surface area contributed by atoms with Gasteiger partial charge in [0, 0.05) is 23.9 Å². The van der Waals surface area contributed by atoms with E-state index in [4.69, 9.17) is 10.1 Å².